The molecule has 0 fully saturated rings. The van der Waals surface area contributed by atoms with Crippen molar-refractivity contribution < 1.29 is 4.79 Å². The summed E-state index contributed by atoms with van der Waals surface area (Å²) in [5, 5.41) is 15.4. The van der Waals surface area contributed by atoms with Gasteiger partial charge in [-0.15, -0.1) is 0 Å². The molecule has 0 saturated heterocycles. The van der Waals surface area contributed by atoms with E-state index in [0.717, 1.165) is 16.9 Å². The van der Waals surface area contributed by atoms with Crippen LogP contribution in [0.5, 0.6) is 0 Å². The van der Waals surface area contributed by atoms with E-state index >= 15 is 0 Å². The summed E-state index contributed by atoms with van der Waals surface area (Å²) in [6, 6.07) is 13.8. The zero-order valence-electron chi connectivity index (χ0n) is 20.7. The van der Waals surface area contributed by atoms with Crippen molar-refractivity contribution in [2.24, 2.45) is 11.1 Å². The van der Waals surface area contributed by atoms with Gasteiger partial charge < -0.3 is 5.73 Å². The zero-order valence-corrected chi connectivity index (χ0v) is 21.5. The first-order chi connectivity index (χ1) is 17.1. The molecular formula is C28H27ClN6O. The van der Waals surface area contributed by atoms with Gasteiger partial charge in [-0.1, -0.05) is 43.1 Å². The maximum absolute atomic E-state index is 13.8. The van der Waals surface area contributed by atoms with Crippen molar-refractivity contribution >= 4 is 23.1 Å². The highest BCUT2D eigenvalue weighted by atomic mass is 35.5. The van der Waals surface area contributed by atoms with Gasteiger partial charge in [0.05, 0.1) is 40.8 Å². The van der Waals surface area contributed by atoms with Gasteiger partial charge in [-0.3, -0.25) is 14.7 Å². The summed E-state index contributed by atoms with van der Waals surface area (Å²) in [5.41, 5.74) is 12.0. The third-order valence-corrected chi connectivity index (χ3v) is 7.26. The Morgan fingerprint density at radius 3 is 2.50 bits per heavy atom. The third kappa shape index (κ3) is 3.78. The zero-order chi connectivity index (χ0) is 25.8. The normalized spacial score (nSPS) is 19.4. The molecule has 1 aliphatic carbocycles. The lowest BCUT2D eigenvalue weighted by atomic mass is 9.68. The van der Waals surface area contributed by atoms with E-state index < -0.39 is 5.92 Å². The monoisotopic (exact) mass is 498 g/mol. The number of hydrogen-bond donors (Lipinski definition) is 1. The highest BCUT2D eigenvalue weighted by Crippen LogP contribution is 2.51. The Labute approximate surface area is 215 Å². The van der Waals surface area contributed by atoms with Crippen molar-refractivity contribution in [2.45, 2.75) is 46.5 Å². The van der Waals surface area contributed by atoms with E-state index in [4.69, 9.17) is 22.4 Å². The highest BCUT2D eigenvalue weighted by molar-refractivity contribution is 6.31. The van der Waals surface area contributed by atoms with Crippen LogP contribution in [-0.4, -0.2) is 20.5 Å². The molecular weight excluding hydrogens is 472 g/mol. The standard InChI is InChI=1S/C28H27ClN6O/c1-16-7-9-18(10-8-16)35-26(29)23(17(2)33-35)24-20(14-30)27(31)34(19-6-5-11-32-15-19)21-12-28(3,4)13-22(36)25(21)24/h5-11,15,24H,12-13,31H2,1-4H3. The fraction of sp³-hybridized carbons (Fsp3) is 0.286. The summed E-state index contributed by atoms with van der Waals surface area (Å²) in [7, 11) is 0. The molecule has 0 spiro atoms. The van der Waals surface area contributed by atoms with Gasteiger partial charge in [-0.25, -0.2) is 4.68 Å². The van der Waals surface area contributed by atoms with Gasteiger partial charge in [0.25, 0.3) is 0 Å². The summed E-state index contributed by atoms with van der Waals surface area (Å²) in [4.78, 5) is 19.8. The summed E-state index contributed by atoms with van der Waals surface area (Å²) < 4.78 is 1.65. The van der Waals surface area contributed by atoms with Gasteiger partial charge in [0.1, 0.15) is 11.0 Å². The van der Waals surface area contributed by atoms with Crippen LogP contribution in [0, 0.1) is 30.6 Å². The number of aromatic nitrogens is 3. The number of carbonyl (C=O) groups excluding carboxylic acids is 1. The third-order valence-electron chi connectivity index (χ3n) is 6.90. The van der Waals surface area contributed by atoms with Crippen molar-refractivity contribution in [2.75, 3.05) is 4.90 Å². The smallest absolute Gasteiger partial charge is 0.162 e. The number of anilines is 1. The van der Waals surface area contributed by atoms with Gasteiger partial charge in [-0.2, -0.15) is 10.4 Å². The molecule has 0 saturated carbocycles. The minimum atomic E-state index is -0.701. The largest absolute Gasteiger partial charge is 0.384 e. The minimum Gasteiger partial charge on any atom is -0.384 e. The van der Waals surface area contributed by atoms with Crippen molar-refractivity contribution in [1.29, 1.82) is 5.26 Å². The lowest BCUT2D eigenvalue weighted by Gasteiger charge is -2.43. The molecule has 3 heterocycles. The molecule has 2 aromatic heterocycles. The van der Waals surface area contributed by atoms with Gasteiger partial charge >= 0.3 is 0 Å². The predicted molar refractivity (Wildman–Crippen MR) is 139 cm³/mol. The Balaban J connectivity index is 1.77. The number of halogens is 1. The Hall–Kier alpha value is -3.89. The maximum atomic E-state index is 13.8. The lowest BCUT2D eigenvalue weighted by Crippen LogP contribution is -2.42. The Morgan fingerprint density at radius 2 is 1.86 bits per heavy atom. The van der Waals surface area contributed by atoms with Gasteiger partial charge in [0.15, 0.2) is 5.78 Å². The number of pyridine rings is 1. The molecule has 7 nitrogen and oxygen atoms in total. The topological polar surface area (TPSA) is 101 Å². The van der Waals surface area contributed by atoms with E-state index in [1.807, 2.05) is 55.1 Å². The maximum Gasteiger partial charge on any atom is 0.162 e. The fourth-order valence-corrected chi connectivity index (χ4v) is 5.66. The number of hydrogen-bond acceptors (Lipinski definition) is 6. The molecule has 5 rings (SSSR count). The number of rotatable bonds is 3. The van der Waals surface area contributed by atoms with Crippen LogP contribution in [0.4, 0.5) is 5.69 Å². The van der Waals surface area contributed by atoms with E-state index in [-0.39, 0.29) is 22.6 Å². The number of nitrogens with zero attached hydrogens (tertiary/aromatic N) is 5. The molecule has 3 aromatic rings. The SMILES string of the molecule is Cc1ccc(-n2nc(C)c(C3C(C#N)=C(N)N(c4cccnc4)C4=C3C(=O)CC(C)(C)C4)c2Cl)cc1. The number of allylic oxidation sites excluding steroid dienone is 3. The molecule has 8 heteroatoms. The van der Waals surface area contributed by atoms with Crippen molar-refractivity contribution in [1.82, 2.24) is 14.8 Å². The minimum absolute atomic E-state index is 0.0149. The summed E-state index contributed by atoms with van der Waals surface area (Å²) in [6.07, 6.45) is 4.34. The van der Waals surface area contributed by atoms with E-state index in [1.54, 1.807) is 17.1 Å². The Kier molecular flexibility index (Phi) is 5.73. The second kappa shape index (κ2) is 8.65. The molecule has 182 valence electrons. The van der Waals surface area contributed by atoms with Crippen LogP contribution in [0.2, 0.25) is 5.15 Å². The van der Waals surface area contributed by atoms with Gasteiger partial charge in [0, 0.05) is 29.5 Å². The molecule has 0 radical (unpaired) electrons. The number of aryl methyl sites for hydroxylation is 2. The van der Waals surface area contributed by atoms with E-state index in [9.17, 15) is 10.1 Å². The van der Waals surface area contributed by atoms with E-state index in [1.165, 1.54) is 0 Å². The van der Waals surface area contributed by atoms with Crippen LogP contribution >= 0.6 is 11.6 Å². The van der Waals surface area contributed by atoms with Gasteiger partial charge in [-0.05, 0) is 49.9 Å². The molecule has 1 aliphatic heterocycles. The average Bonchev–Trinajstić information content (AvgIpc) is 3.12. The highest BCUT2D eigenvalue weighted by Gasteiger charge is 2.46. The van der Waals surface area contributed by atoms with Crippen LogP contribution < -0.4 is 10.6 Å². The fourth-order valence-electron chi connectivity index (χ4n) is 5.27. The Bertz CT molecular complexity index is 1470. The number of ketones is 1. The molecule has 36 heavy (non-hydrogen) atoms. The number of nitrogens with two attached hydrogens (primary N) is 1. The van der Waals surface area contributed by atoms with Crippen LogP contribution in [0.1, 0.15) is 49.4 Å². The van der Waals surface area contributed by atoms with Crippen molar-refractivity contribution in [3.63, 3.8) is 0 Å². The summed E-state index contributed by atoms with van der Waals surface area (Å²) >= 11 is 6.97. The molecule has 0 amide bonds. The van der Waals surface area contributed by atoms with Crippen LogP contribution in [0.25, 0.3) is 5.69 Å². The first-order valence-electron chi connectivity index (χ1n) is 11.8. The van der Waals surface area contributed by atoms with Crippen molar-refractivity contribution in [3.8, 4) is 11.8 Å². The molecule has 1 atom stereocenters. The second-order valence-corrected chi connectivity index (χ2v) is 10.6. The quantitative estimate of drug-likeness (QED) is 0.513. The number of carbonyl (C=O) groups is 1. The Morgan fingerprint density at radius 1 is 1.14 bits per heavy atom. The number of benzene rings is 1. The first-order valence-corrected chi connectivity index (χ1v) is 12.2. The van der Waals surface area contributed by atoms with E-state index in [2.05, 4.69) is 24.9 Å². The van der Waals surface area contributed by atoms with Crippen LogP contribution in [0.3, 0.4) is 0 Å². The second-order valence-electron chi connectivity index (χ2n) is 10.2. The predicted octanol–water partition coefficient (Wildman–Crippen LogP) is 5.48. The van der Waals surface area contributed by atoms with Crippen LogP contribution in [-0.2, 0) is 4.79 Å². The van der Waals surface area contributed by atoms with E-state index in [0.29, 0.717) is 40.5 Å². The summed E-state index contributed by atoms with van der Waals surface area (Å²) in [6.45, 7) is 8.00. The number of nitriles is 1. The average molecular weight is 499 g/mol. The lowest BCUT2D eigenvalue weighted by molar-refractivity contribution is -0.118. The molecule has 2 N–H and O–H groups in total. The molecule has 1 aromatic carbocycles. The van der Waals surface area contributed by atoms with Crippen LogP contribution in [0.15, 0.2) is 71.5 Å². The first kappa shape index (κ1) is 23.8. The molecule has 1 unspecified atom stereocenters. The van der Waals surface area contributed by atoms with Crippen molar-refractivity contribution in [3.05, 3.63) is 93.4 Å². The summed E-state index contributed by atoms with van der Waals surface area (Å²) in [5.74, 6) is -0.439. The number of Topliss-reactive ketones (excluding diaryl/α,β-unsaturated/α-hetero) is 1. The molecule has 0 bridgehead atoms. The molecule has 2 aliphatic rings. The van der Waals surface area contributed by atoms with Gasteiger partial charge in [0.2, 0.25) is 0 Å².